The van der Waals surface area contributed by atoms with Gasteiger partial charge in [-0.1, -0.05) is 26.0 Å². The molecule has 1 radical (unpaired) electrons. The lowest BCUT2D eigenvalue weighted by Crippen LogP contribution is -2.36. The van der Waals surface area contributed by atoms with E-state index in [1.54, 1.807) is 0 Å². The van der Waals surface area contributed by atoms with Crippen LogP contribution in [0.15, 0.2) is 30.6 Å². The van der Waals surface area contributed by atoms with Crippen molar-refractivity contribution < 1.29 is 4.48 Å². The van der Waals surface area contributed by atoms with E-state index in [1.807, 2.05) is 18.7 Å². The standard InChI is InChI=1S/C11H16BN/c1-10(2)4-5-11-6-8-13(12-3)9-7-11/h4-10H,1-3H3/q+1/b5-4+. The van der Waals surface area contributed by atoms with Crippen LogP contribution in [0.1, 0.15) is 19.4 Å². The molecule has 0 unspecified atom stereocenters. The summed E-state index contributed by atoms with van der Waals surface area (Å²) in [5.41, 5.74) is 1.26. The highest BCUT2D eigenvalue weighted by molar-refractivity contribution is 6.21. The third kappa shape index (κ3) is 3.45. The molecule has 0 bridgehead atoms. The summed E-state index contributed by atoms with van der Waals surface area (Å²) in [5.74, 6) is 0.616. The van der Waals surface area contributed by atoms with Crippen LogP contribution in [0.5, 0.6) is 0 Å². The van der Waals surface area contributed by atoms with Gasteiger partial charge in [0.2, 0.25) is 0 Å². The van der Waals surface area contributed by atoms with Gasteiger partial charge >= 0.3 is 7.41 Å². The van der Waals surface area contributed by atoms with Crippen molar-refractivity contribution in [3.05, 3.63) is 36.2 Å². The van der Waals surface area contributed by atoms with E-state index in [-0.39, 0.29) is 0 Å². The minimum atomic E-state index is 0.616. The fraction of sp³-hybridized carbons (Fsp3) is 0.364. The summed E-state index contributed by atoms with van der Waals surface area (Å²) in [6.07, 6.45) is 8.47. The van der Waals surface area contributed by atoms with Gasteiger partial charge in [-0.3, -0.25) is 4.48 Å². The van der Waals surface area contributed by atoms with E-state index in [4.69, 9.17) is 0 Å². The maximum Gasteiger partial charge on any atom is 0.535 e. The lowest BCUT2D eigenvalue weighted by Gasteiger charge is -1.95. The van der Waals surface area contributed by atoms with Crippen LogP contribution in [0.25, 0.3) is 6.08 Å². The summed E-state index contributed by atoms with van der Waals surface area (Å²) < 4.78 is 2.03. The SMILES string of the molecule is C[B][n+]1ccc(/C=C/C(C)C)cc1. The van der Waals surface area contributed by atoms with E-state index in [2.05, 4.69) is 50.5 Å². The number of rotatable bonds is 3. The first-order valence-corrected chi connectivity index (χ1v) is 4.71. The van der Waals surface area contributed by atoms with E-state index in [1.165, 1.54) is 5.56 Å². The predicted octanol–water partition coefficient (Wildman–Crippen LogP) is 2.16. The Balaban J connectivity index is 2.69. The average molecular weight is 173 g/mol. The lowest BCUT2D eigenvalue weighted by molar-refractivity contribution is -0.528. The monoisotopic (exact) mass is 173 g/mol. The van der Waals surface area contributed by atoms with Gasteiger partial charge in [-0.25, -0.2) is 0 Å². The van der Waals surface area contributed by atoms with Crippen molar-refractivity contribution in [1.82, 2.24) is 0 Å². The fourth-order valence-electron chi connectivity index (χ4n) is 1.04. The molecule has 1 aromatic heterocycles. The summed E-state index contributed by atoms with van der Waals surface area (Å²) in [4.78, 5) is 0. The van der Waals surface area contributed by atoms with Crippen molar-refractivity contribution in [3.8, 4) is 0 Å². The highest BCUT2D eigenvalue weighted by atomic mass is 14.8. The van der Waals surface area contributed by atoms with Gasteiger partial charge in [0.05, 0.1) is 0 Å². The molecule has 0 aliphatic heterocycles. The van der Waals surface area contributed by atoms with Crippen LogP contribution in [0, 0.1) is 5.92 Å². The second-order valence-electron chi connectivity index (χ2n) is 3.44. The smallest absolute Gasteiger partial charge is 0.292 e. The van der Waals surface area contributed by atoms with Crippen molar-refractivity contribution in [1.29, 1.82) is 0 Å². The largest absolute Gasteiger partial charge is 0.535 e. The molecular formula is C11H16BN+. The van der Waals surface area contributed by atoms with E-state index in [0.29, 0.717) is 5.92 Å². The normalized spacial score (nSPS) is 11.1. The lowest BCUT2D eigenvalue weighted by atomic mass is 9.99. The molecular weight excluding hydrogens is 157 g/mol. The second kappa shape index (κ2) is 4.85. The number of pyridine rings is 1. The summed E-state index contributed by atoms with van der Waals surface area (Å²) in [7, 11) is 2.02. The van der Waals surface area contributed by atoms with Crippen LogP contribution in [0.2, 0.25) is 6.82 Å². The summed E-state index contributed by atoms with van der Waals surface area (Å²) in [6, 6.07) is 4.22. The van der Waals surface area contributed by atoms with Crippen LogP contribution in [0.3, 0.4) is 0 Å². The Hall–Kier alpha value is -1.05. The number of nitrogens with zero attached hydrogens (tertiary/aromatic N) is 1. The molecule has 1 aromatic rings. The fourth-order valence-corrected chi connectivity index (χ4v) is 1.04. The first kappa shape index (κ1) is 10.0. The molecule has 0 N–H and O–H groups in total. The maximum atomic E-state index is 2.20. The molecule has 0 atom stereocenters. The van der Waals surface area contributed by atoms with E-state index >= 15 is 0 Å². The Morgan fingerprint density at radius 2 is 1.92 bits per heavy atom. The minimum absolute atomic E-state index is 0.616. The van der Waals surface area contributed by atoms with Crippen LogP contribution in [0.4, 0.5) is 0 Å². The van der Waals surface area contributed by atoms with Gasteiger partial charge in [-0.05, 0) is 18.3 Å². The molecule has 0 amide bonds. The van der Waals surface area contributed by atoms with Gasteiger partial charge in [0.1, 0.15) is 12.4 Å². The van der Waals surface area contributed by atoms with Crippen molar-refractivity contribution in [2.24, 2.45) is 5.92 Å². The number of allylic oxidation sites excluding steroid dienone is 1. The van der Waals surface area contributed by atoms with Crippen LogP contribution in [-0.2, 0) is 0 Å². The summed E-state index contributed by atoms with van der Waals surface area (Å²) >= 11 is 0. The number of aromatic nitrogens is 1. The minimum Gasteiger partial charge on any atom is -0.292 e. The van der Waals surface area contributed by atoms with Gasteiger partial charge in [-0.2, -0.15) is 0 Å². The first-order valence-electron chi connectivity index (χ1n) is 4.71. The topological polar surface area (TPSA) is 3.88 Å². The second-order valence-corrected chi connectivity index (χ2v) is 3.44. The molecule has 1 nitrogen and oxygen atoms in total. The van der Waals surface area contributed by atoms with Gasteiger partial charge in [0, 0.05) is 12.1 Å². The molecule has 1 heterocycles. The molecule has 1 rings (SSSR count). The quantitative estimate of drug-likeness (QED) is 0.616. The van der Waals surface area contributed by atoms with E-state index in [0.717, 1.165) is 0 Å². The predicted molar refractivity (Wildman–Crippen MR) is 57.5 cm³/mol. The van der Waals surface area contributed by atoms with Crippen molar-refractivity contribution >= 4 is 13.5 Å². The highest BCUT2D eigenvalue weighted by Gasteiger charge is 1.97. The summed E-state index contributed by atoms with van der Waals surface area (Å²) in [6.45, 7) is 6.38. The van der Waals surface area contributed by atoms with E-state index in [9.17, 15) is 0 Å². The highest BCUT2D eigenvalue weighted by Crippen LogP contribution is 2.02. The average Bonchev–Trinajstić information content (AvgIpc) is 2.15. The molecule has 0 spiro atoms. The van der Waals surface area contributed by atoms with Gasteiger partial charge in [0.25, 0.3) is 0 Å². The Bertz CT molecular complexity index is 275. The van der Waals surface area contributed by atoms with Crippen LogP contribution < -0.4 is 4.48 Å². The van der Waals surface area contributed by atoms with Crippen LogP contribution >= 0.6 is 0 Å². The molecule has 0 aromatic carbocycles. The zero-order valence-electron chi connectivity index (χ0n) is 8.57. The molecule has 0 fully saturated rings. The number of hydrogen-bond acceptors (Lipinski definition) is 0. The Kier molecular flexibility index (Phi) is 3.75. The van der Waals surface area contributed by atoms with Crippen molar-refractivity contribution in [3.63, 3.8) is 0 Å². The molecule has 0 aliphatic rings. The molecule has 0 saturated carbocycles. The molecule has 13 heavy (non-hydrogen) atoms. The van der Waals surface area contributed by atoms with Crippen molar-refractivity contribution in [2.75, 3.05) is 0 Å². The van der Waals surface area contributed by atoms with Gasteiger partial charge in [-0.15, -0.1) is 0 Å². The van der Waals surface area contributed by atoms with Crippen LogP contribution in [-0.4, -0.2) is 7.41 Å². The Labute approximate surface area is 81.4 Å². The van der Waals surface area contributed by atoms with Gasteiger partial charge in [0.15, 0.2) is 0 Å². The molecule has 67 valence electrons. The zero-order chi connectivity index (χ0) is 9.68. The maximum absolute atomic E-state index is 2.20. The van der Waals surface area contributed by atoms with E-state index < -0.39 is 0 Å². The molecule has 2 heteroatoms. The van der Waals surface area contributed by atoms with Crippen molar-refractivity contribution in [2.45, 2.75) is 20.7 Å². The molecule has 0 saturated heterocycles. The Morgan fingerprint density at radius 3 is 2.38 bits per heavy atom. The first-order chi connectivity index (χ1) is 6.22. The Morgan fingerprint density at radius 1 is 1.31 bits per heavy atom. The number of hydrogen-bond donors (Lipinski definition) is 0. The zero-order valence-corrected chi connectivity index (χ0v) is 8.57. The third-order valence-electron chi connectivity index (χ3n) is 1.85. The third-order valence-corrected chi connectivity index (χ3v) is 1.85. The van der Waals surface area contributed by atoms with Gasteiger partial charge < -0.3 is 0 Å². The summed E-state index contributed by atoms with van der Waals surface area (Å²) in [5, 5.41) is 0. The molecule has 0 aliphatic carbocycles.